The Morgan fingerprint density at radius 3 is 2.65 bits per heavy atom. The fraction of sp³-hybridized carbons (Fsp3) is 0.333. The summed E-state index contributed by atoms with van der Waals surface area (Å²) < 4.78 is 39.0. The molecule has 2 rings (SSSR count). The lowest BCUT2D eigenvalue weighted by molar-refractivity contribution is 0.0668. The molecular weight excluding hydrogens is 307 g/mol. The van der Waals surface area contributed by atoms with Gasteiger partial charge in [0.15, 0.2) is 5.96 Å². The normalized spacial score (nSPS) is 11.8. The highest BCUT2D eigenvalue weighted by Crippen LogP contribution is 2.11. The number of hydrogen-bond donors (Lipinski definition) is 2. The van der Waals surface area contributed by atoms with Crippen LogP contribution in [0.5, 0.6) is 0 Å². The summed E-state index contributed by atoms with van der Waals surface area (Å²) in [7, 11) is 1.59. The molecule has 0 amide bonds. The van der Waals surface area contributed by atoms with Gasteiger partial charge in [-0.1, -0.05) is 12.1 Å². The van der Waals surface area contributed by atoms with E-state index in [0.29, 0.717) is 18.9 Å². The van der Waals surface area contributed by atoms with Crippen LogP contribution in [0.15, 0.2) is 41.7 Å². The van der Waals surface area contributed by atoms with Gasteiger partial charge in [-0.15, -0.1) is 0 Å². The Balaban J connectivity index is 1.79. The Kier molecular flexibility index (Phi) is 6.02. The molecule has 0 bridgehead atoms. The van der Waals surface area contributed by atoms with Gasteiger partial charge in [-0.2, -0.15) is 8.78 Å². The zero-order valence-corrected chi connectivity index (χ0v) is 12.6. The van der Waals surface area contributed by atoms with Crippen molar-refractivity contribution in [3.8, 4) is 0 Å². The van der Waals surface area contributed by atoms with Crippen molar-refractivity contribution >= 4 is 5.96 Å². The number of benzene rings is 1. The van der Waals surface area contributed by atoms with Crippen LogP contribution in [0.25, 0.3) is 0 Å². The van der Waals surface area contributed by atoms with E-state index in [9.17, 15) is 13.2 Å². The number of aromatic nitrogens is 2. The molecule has 2 aromatic rings. The molecule has 8 heteroatoms. The molecule has 1 heterocycles. The van der Waals surface area contributed by atoms with Gasteiger partial charge in [-0.25, -0.2) is 9.37 Å². The number of imidazole rings is 1. The molecule has 5 nitrogen and oxygen atoms in total. The molecule has 23 heavy (non-hydrogen) atoms. The summed E-state index contributed by atoms with van der Waals surface area (Å²) in [5.74, 6) is 0.436. The molecule has 124 valence electrons. The van der Waals surface area contributed by atoms with Crippen molar-refractivity contribution in [3.63, 3.8) is 0 Å². The largest absolute Gasteiger partial charge is 0.356 e. The SMILES string of the molecule is CN=C(NCCc1ccc(F)cc1)NCc1nccn1C(F)F. The van der Waals surface area contributed by atoms with Crippen LogP contribution in [0.2, 0.25) is 0 Å². The standard InChI is InChI=1S/C15H18F3N5/c1-19-15(21-7-6-11-2-4-12(16)5-3-11)22-10-13-20-8-9-23(13)14(17)18/h2-5,8-9,14H,6-7,10H2,1H3,(H2,19,21,22). The van der Waals surface area contributed by atoms with Gasteiger partial charge in [0.25, 0.3) is 0 Å². The lowest BCUT2D eigenvalue weighted by Gasteiger charge is -2.12. The molecule has 0 spiro atoms. The third-order valence-electron chi connectivity index (χ3n) is 3.22. The van der Waals surface area contributed by atoms with Gasteiger partial charge in [-0.3, -0.25) is 9.56 Å². The molecule has 0 aliphatic rings. The number of guanidine groups is 1. The average Bonchev–Trinajstić information content (AvgIpc) is 3.01. The van der Waals surface area contributed by atoms with Crippen molar-refractivity contribution < 1.29 is 13.2 Å². The highest BCUT2D eigenvalue weighted by Gasteiger charge is 2.11. The smallest absolute Gasteiger partial charge is 0.319 e. The number of hydrogen-bond acceptors (Lipinski definition) is 2. The second-order valence-electron chi connectivity index (χ2n) is 4.76. The molecular formula is C15H18F3N5. The van der Waals surface area contributed by atoms with Crippen LogP contribution < -0.4 is 10.6 Å². The monoisotopic (exact) mass is 325 g/mol. The van der Waals surface area contributed by atoms with Gasteiger partial charge in [0, 0.05) is 26.0 Å². The molecule has 0 saturated heterocycles. The molecule has 0 atom stereocenters. The Morgan fingerprint density at radius 1 is 1.26 bits per heavy atom. The maximum Gasteiger partial charge on any atom is 0.319 e. The summed E-state index contributed by atoms with van der Waals surface area (Å²) in [5.41, 5.74) is 0.989. The van der Waals surface area contributed by atoms with Crippen molar-refractivity contribution in [2.45, 2.75) is 19.5 Å². The Morgan fingerprint density at radius 2 is 2.00 bits per heavy atom. The minimum atomic E-state index is -2.62. The van der Waals surface area contributed by atoms with Gasteiger partial charge in [0.2, 0.25) is 0 Å². The third-order valence-corrected chi connectivity index (χ3v) is 3.22. The molecule has 1 aromatic carbocycles. The molecule has 0 aliphatic carbocycles. The molecule has 2 N–H and O–H groups in total. The Bertz CT molecular complexity index is 637. The zero-order valence-electron chi connectivity index (χ0n) is 12.6. The minimum Gasteiger partial charge on any atom is -0.356 e. The van der Waals surface area contributed by atoms with Crippen LogP contribution in [0, 0.1) is 5.82 Å². The zero-order chi connectivity index (χ0) is 16.7. The van der Waals surface area contributed by atoms with E-state index in [2.05, 4.69) is 20.6 Å². The molecule has 0 fully saturated rings. The minimum absolute atomic E-state index is 0.133. The number of rotatable bonds is 6. The van der Waals surface area contributed by atoms with Gasteiger partial charge in [0.1, 0.15) is 11.6 Å². The van der Waals surface area contributed by atoms with E-state index in [-0.39, 0.29) is 18.2 Å². The van der Waals surface area contributed by atoms with Crippen LogP contribution in [0.1, 0.15) is 17.9 Å². The summed E-state index contributed by atoms with van der Waals surface area (Å²) in [5, 5.41) is 5.99. The topological polar surface area (TPSA) is 54.2 Å². The van der Waals surface area contributed by atoms with Crippen LogP contribution in [0.3, 0.4) is 0 Å². The summed E-state index contributed by atoms with van der Waals surface area (Å²) >= 11 is 0. The summed E-state index contributed by atoms with van der Waals surface area (Å²) in [6, 6.07) is 6.25. The number of aliphatic imine (C=N–C) groups is 1. The van der Waals surface area contributed by atoms with Crippen molar-refractivity contribution in [1.82, 2.24) is 20.2 Å². The summed E-state index contributed by atoms with van der Waals surface area (Å²) in [4.78, 5) is 7.90. The first-order valence-electron chi connectivity index (χ1n) is 7.09. The van der Waals surface area contributed by atoms with Crippen molar-refractivity contribution in [3.05, 3.63) is 53.9 Å². The van der Waals surface area contributed by atoms with Crippen LogP contribution >= 0.6 is 0 Å². The molecule has 0 aliphatic heterocycles. The lowest BCUT2D eigenvalue weighted by Crippen LogP contribution is -2.38. The number of nitrogens with zero attached hydrogens (tertiary/aromatic N) is 3. The second-order valence-corrected chi connectivity index (χ2v) is 4.76. The fourth-order valence-electron chi connectivity index (χ4n) is 2.02. The van der Waals surface area contributed by atoms with E-state index < -0.39 is 6.55 Å². The molecule has 0 unspecified atom stereocenters. The van der Waals surface area contributed by atoms with Crippen LogP contribution in [-0.4, -0.2) is 29.1 Å². The van der Waals surface area contributed by atoms with Crippen LogP contribution in [-0.2, 0) is 13.0 Å². The highest BCUT2D eigenvalue weighted by molar-refractivity contribution is 5.79. The van der Waals surface area contributed by atoms with Crippen LogP contribution in [0.4, 0.5) is 13.2 Å². The van der Waals surface area contributed by atoms with Crippen molar-refractivity contribution in [1.29, 1.82) is 0 Å². The van der Waals surface area contributed by atoms with E-state index in [1.807, 2.05) is 0 Å². The summed E-state index contributed by atoms with van der Waals surface area (Å²) in [6.45, 7) is -1.91. The fourth-order valence-corrected chi connectivity index (χ4v) is 2.02. The first-order valence-corrected chi connectivity index (χ1v) is 7.09. The predicted molar refractivity (Wildman–Crippen MR) is 81.8 cm³/mol. The van der Waals surface area contributed by atoms with Crippen molar-refractivity contribution in [2.75, 3.05) is 13.6 Å². The van der Waals surface area contributed by atoms with Gasteiger partial charge in [-0.05, 0) is 24.1 Å². The van der Waals surface area contributed by atoms with Crippen molar-refractivity contribution in [2.24, 2.45) is 4.99 Å². The lowest BCUT2D eigenvalue weighted by atomic mass is 10.1. The maximum absolute atomic E-state index is 12.8. The van der Waals surface area contributed by atoms with E-state index >= 15 is 0 Å². The van der Waals surface area contributed by atoms with E-state index in [1.165, 1.54) is 24.5 Å². The van der Waals surface area contributed by atoms with Gasteiger partial charge in [0.05, 0.1) is 6.54 Å². The van der Waals surface area contributed by atoms with E-state index in [1.54, 1.807) is 19.2 Å². The summed E-state index contributed by atoms with van der Waals surface area (Å²) in [6.07, 6.45) is 3.24. The molecule has 0 saturated carbocycles. The number of halogens is 3. The molecule has 0 radical (unpaired) electrons. The average molecular weight is 325 g/mol. The quantitative estimate of drug-likeness (QED) is 0.633. The van der Waals surface area contributed by atoms with E-state index in [4.69, 9.17) is 0 Å². The van der Waals surface area contributed by atoms with Gasteiger partial charge < -0.3 is 10.6 Å². The highest BCUT2D eigenvalue weighted by atomic mass is 19.3. The maximum atomic E-state index is 12.8. The second kappa shape index (κ2) is 8.21. The number of alkyl halides is 2. The molecule has 1 aromatic heterocycles. The first-order chi connectivity index (χ1) is 11.1. The third kappa shape index (κ3) is 5.01. The van der Waals surface area contributed by atoms with E-state index in [0.717, 1.165) is 10.1 Å². The van der Waals surface area contributed by atoms with Gasteiger partial charge >= 0.3 is 6.55 Å². The Hall–Kier alpha value is -2.51. The Labute approximate surface area is 132 Å². The predicted octanol–water partition coefficient (Wildman–Crippen LogP) is 2.33. The first kappa shape index (κ1) is 16.9. The number of nitrogens with one attached hydrogen (secondary N) is 2.